The van der Waals surface area contributed by atoms with Crippen molar-refractivity contribution in [1.29, 1.82) is 0 Å². The van der Waals surface area contributed by atoms with E-state index in [2.05, 4.69) is 20.8 Å². The van der Waals surface area contributed by atoms with Crippen LogP contribution in [0.3, 0.4) is 0 Å². The lowest BCUT2D eigenvalue weighted by Crippen LogP contribution is -2.16. The molecule has 0 amide bonds. The van der Waals surface area contributed by atoms with Gasteiger partial charge < -0.3 is 24.7 Å². The number of methoxy groups -OCH3 is 4. The number of aromatic nitrogens is 2. The van der Waals surface area contributed by atoms with Gasteiger partial charge in [0.25, 0.3) is 0 Å². The lowest BCUT2D eigenvalue weighted by atomic mass is 9.94. The molecule has 2 N–H and O–H groups in total. The molecular weight excluding hydrogens is 558 g/mol. The molecule has 9 nitrogen and oxygen atoms in total. The van der Waals surface area contributed by atoms with Crippen molar-refractivity contribution in [2.45, 2.75) is 45.6 Å². The molecule has 0 aliphatic carbocycles. The van der Waals surface area contributed by atoms with Crippen LogP contribution in [-0.4, -0.2) is 50.3 Å². The molecule has 2 aromatic carbocycles. The zero-order valence-electron chi connectivity index (χ0n) is 26.4. The Bertz CT molecular complexity index is 1460. The number of carbonyl (C=O) groups is 2. The van der Waals surface area contributed by atoms with E-state index in [-0.39, 0.29) is 24.3 Å². The number of pyridine rings is 2. The van der Waals surface area contributed by atoms with Crippen molar-refractivity contribution in [3.05, 3.63) is 95.6 Å². The number of esters is 2. The van der Waals surface area contributed by atoms with Crippen LogP contribution in [0.25, 0.3) is 22.3 Å². The van der Waals surface area contributed by atoms with Crippen LogP contribution in [0.4, 0.5) is 0 Å². The zero-order chi connectivity index (χ0) is 32.2. The normalized spacial score (nSPS) is 11.8. The van der Waals surface area contributed by atoms with Crippen LogP contribution in [-0.2, 0) is 19.1 Å². The Balaban J connectivity index is 0.000000240. The predicted octanol–water partition coefficient (Wildman–Crippen LogP) is 6.36. The number of hydrogen-bond donors (Lipinski definition) is 1. The van der Waals surface area contributed by atoms with Gasteiger partial charge in [0.1, 0.15) is 11.5 Å². The summed E-state index contributed by atoms with van der Waals surface area (Å²) < 4.78 is 20.3. The summed E-state index contributed by atoms with van der Waals surface area (Å²) in [6, 6.07) is 15.4. The minimum atomic E-state index is -0.449. The maximum Gasteiger partial charge on any atom is 0.307 e. The van der Waals surface area contributed by atoms with Gasteiger partial charge in [0, 0.05) is 53.1 Å². The molecule has 0 saturated carbocycles. The summed E-state index contributed by atoms with van der Waals surface area (Å²) in [5.41, 5.74) is 14.0. The summed E-state index contributed by atoms with van der Waals surface area (Å²) >= 11 is 0. The standard InChI is InChI=1S/C18H21NO3.C17H20N2O3/c1-12-6-5-7-16(21-3)18(12)15-9-14(10-19-11-15)13(2)8-17(20)22-4;1-11-5-4-6-15(21-2)17(11)13-7-12(9-19-10-13)14(18)8-16(20)22-3/h5-7,9-11,13H,8H2,1-4H3;4-7,9-10,14H,8,18H2,1-3H3/t13-;14-/m00/s1. The molecular formula is C35H41N3O6. The van der Waals surface area contributed by atoms with E-state index in [1.54, 1.807) is 32.8 Å². The third kappa shape index (κ3) is 8.64. The Morgan fingerprint density at radius 3 is 1.64 bits per heavy atom. The van der Waals surface area contributed by atoms with E-state index in [9.17, 15) is 9.59 Å². The van der Waals surface area contributed by atoms with Crippen LogP contribution in [0.15, 0.2) is 73.3 Å². The van der Waals surface area contributed by atoms with Crippen molar-refractivity contribution < 1.29 is 28.5 Å². The number of nitrogens with zero attached hydrogens (tertiary/aromatic N) is 2. The highest BCUT2D eigenvalue weighted by Crippen LogP contribution is 2.35. The summed E-state index contributed by atoms with van der Waals surface area (Å²) in [6.07, 6.45) is 7.50. The third-order valence-corrected chi connectivity index (χ3v) is 7.32. The van der Waals surface area contributed by atoms with Crippen LogP contribution < -0.4 is 15.2 Å². The molecule has 2 heterocycles. The largest absolute Gasteiger partial charge is 0.496 e. The molecule has 0 radical (unpaired) electrons. The monoisotopic (exact) mass is 599 g/mol. The third-order valence-electron chi connectivity index (χ3n) is 7.32. The summed E-state index contributed by atoms with van der Waals surface area (Å²) in [4.78, 5) is 31.4. The lowest BCUT2D eigenvalue weighted by Gasteiger charge is -2.14. The van der Waals surface area contributed by atoms with Crippen molar-refractivity contribution >= 4 is 11.9 Å². The van der Waals surface area contributed by atoms with Gasteiger partial charge in [-0.05, 0) is 66.3 Å². The molecule has 0 aliphatic heterocycles. The van der Waals surface area contributed by atoms with Gasteiger partial charge >= 0.3 is 11.9 Å². The number of aryl methyl sites for hydroxylation is 2. The molecule has 44 heavy (non-hydrogen) atoms. The van der Waals surface area contributed by atoms with Crippen molar-refractivity contribution in [1.82, 2.24) is 9.97 Å². The van der Waals surface area contributed by atoms with E-state index < -0.39 is 6.04 Å². The minimum absolute atomic E-state index is 0.0508. The molecule has 0 fully saturated rings. The molecule has 2 atom stereocenters. The SMILES string of the molecule is COC(=O)C[C@H](C)c1cncc(-c2c(C)cccc2OC)c1.COC(=O)C[C@H](N)c1cncc(-c2c(C)cccc2OC)c1. The number of hydrogen-bond acceptors (Lipinski definition) is 9. The maximum absolute atomic E-state index is 11.4. The highest BCUT2D eigenvalue weighted by molar-refractivity contribution is 5.75. The van der Waals surface area contributed by atoms with Crippen LogP contribution in [0, 0.1) is 13.8 Å². The topological polar surface area (TPSA) is 123 Å². The fourth-order valence-corrected chi connectivity index (χ4v) is 4.85. The smallest absolute Gasteiger partial charge is 0.307 e. The molecule has 232 valence electrons. The second-order valence-corrected chi connectivity index (χ2v) is 10.4. The van der Waals surface area contributed by atoms with Gasteiger partial charge in [-0.2, -0.15) is 0 Å². The summed E-state index contributed by atoms with van der Waals surface area (Å²) in [7, 11) is 6.05. The molecule has 2 aromatic heterocycles. The number of nitrogens with two attached hydrogens (primary N) is 1. The Labute approximate surface area is 259 Å². The molecule has 9 heteroatoms. The molecule has 4 aromatic rings. The molecule has 4 rings (SSSR count). The van der Waals surface area contributed by atoms with Crippen molar-refractivity contribution in [2.24, 2.45) is 5.73 Å². The summed E-state index contributed by atoms with van der Waals surface area (Å²) in [5.74, 6) is 1.09. The van der Waals surface area contributed by atoms with E-state index in [0.717, 1.165) is 56.0 Å². The van der Waals surface area contributed by atoms with Crippen molar-refractivity contribution in [3.63, 3.8) is 0 Å². The zero-order valence-corrected chi connectivity index (χ0v) is 26.4. The molecule has 0 aliphatic rings. The number of benzene rings is 2. The highest BCUT2D eigenvalue weighted by Gasteiger charge is 2.16. The predicted molar refractivity (Wildman–Crippen MR) is 171 cm³/mol. The van der Waals surface area contributed by atoms with Gasteiger partial charge in [0.05, 0.1) is 41.3 Å². The fourth-order valence-electron chi connectivity index (χ4n) is 4.85. The van der Waals surface area contributed by atoms with Crippen LogP contribution in [0.1, 0.15) is 54.0 Å². The van der Waals surface area contributed by atoms with E-state index >= 15 is 0 Å². The second kappa shape index (κ2) is 16.2. The Hall–Kier alpha value is -4.76. The molecule has 0 unspecified atom stereocenters. The number of rotatable bonds is 10. The van der Waals surface area contributed by atoms with Crippen LogP contribution >= 0.6 is 0 Å². The number of carbonyl (C=O) groups excluding carboxylic acids is 2. The lowest BCUT2D eigenvalue weighted by molar-refractivity contribution is -0.141. The molecule has 0 bridgehead atoms. The van der Waals surface area contributed by atoms with Gasteiger partial charge in [-0.3, -0.25) is 19.6 Å². The first-order valence-corrected chi connectivity index (χ1v) is 14.2. The van der Waals surface area contributed by atoms with E-state index in [4.69, 9.17) is 19.9 Å². The molecule has 0 saturated heterocycles. The van der Waals surface area contributed by atoms with Gasteiger partial charge in [-0.15, -0.1) is 0 Å². The first-order valence-electron chi connectivity index (χ1n) is 14.2. The number of ether oxygens (including phenoxy) is 4. The first-order chi connectivity index (χ1) is 21.1. The summed E-state index contributed by atoms with van der Waals surface area (Å²) in [6.45, 7) is 6.05. The van der Waals surface area contributed by atoms with Crippen LogP contribution in [0.5, 0.6) is 11.5 Å². The maximum atomic E-state index is 11.4. The molecule has 0 spiro atoms. The van der Waals surface area contributed by atoms with Gasteiger partial charge in [0.15, 0.2) is 0 Å². The Morgan fingerprint density at radius 2 is 1.16 bits per heavy atom. The summed E-state index contributed by atoms with van der Waals surface area (Å²) in [5, 5.41) is 0. The fraction of sp³-hybridized carbons (Fsp3) is 0.314. The van der Waals surface area contributed by atoms with Gasteiger partial charge in [0.2, 0.25) is 0 Å². The van der Waals surface area contributed by atoms with Crippen molar-refractivity contribution in [2.75, 3.05) is 28.4 Å². The Morgan fingerprint density at radius 1 is 0.705 bits per heavy atom. The van der Waals surface area contributed by atoms with E-state index in [1.807, 2.05) is 69.4 Å². The van der Waals surface area contributed by atoms with Crippen LogP contribution in [0.2, 0.25) is 0 Å². The van der Waals surface area contributed by atoms with Crippen molar-refractivity contribution in [3.8, 4) is 33.8 Å². The quantitative estimate of drug-likeness (QED) is 0.207. The minimum Gasteiger partial charge on any atom is -0.496 e. The first kappa shape index (κ1) is 33.7. The highest BCUT2D eigenvalue weighted by atomic mass is 16.5. The van der Waals surface area contributed by atoms with E-state index in [1.165, 1.54) is 14.2 Å². The Kier molecular flexibility index (Phi) is 12.4. The van der Waals surface area contributed by atoms with E-state index in [0.29, 0.717) is 6.42 Å². The van der Waals surface area contributed by atoms with Gasteiger partial charge in [-0.25, -0.2) is 0 Å². The second-order valence-electron chi connectivity index (χ2n) is 10.4. The van der Waals surface area contributed by atoms with Gasteiger partial charge in [-0.1, -0.05) is 31.2 Å². The average molecular weight is 600 g/mol. The average Bonchev–Trinajstić information content (AvgIpc) is 3.04.